The van der Waals surface area contributed by atoms with Crippen molar-refractivity contribution in [1.82, 2.24) is 19.1 Å². The van der Waals surface area contributed by atoms with Gasteiger partial charge in [-0.2, -0.15) is 5.16 Å². The molecular formula is C34H17IrN4O2S-. The van der Waals surface area contributed by atoms with E-state index in [1.54, 1.807) is 17.5 Å². The molecule has 201 valence electrons. The third-order valence-electron chi connectivity index (χ3n) is 8.14. The molecule has 0 aliphatic carbocycles. The van der Waals surface area contributed by atoms with Crippen molar-refractivity contribution in [2.75, 3.05) is 0 Å². The van der Waals surface area contributed by atoms with Gasteiger partial charge in [-0.25, -0.2) is 0 Å². The fraction of sp³-hybridized carbons (Fsp3) is 0. The molecule has 4 aromatic carbocycles. The van der Waals surface area contributed by atoms with Gasteiger partial charge in [-0.15, -0.1) is 11.3 Å². The van der Waals surface area contributed by atoms with Gasteiger partial charge in [-0.3, -0.25) is 0 Å². The fourth-order valence-electron chi connectivity index (χ4n) is 6.32. The molecule has 6 aromatic heterocycles. The maximum Gasteiger partial charge on any atom is 0.135 e. The predicted octanol–water partition coefficient (Wildman–Crippen LogP) is 9.15. The van der Waals surface area contributed by atoms with Crippen LogP contribution < -0.4 is 0 Å². The van der Waals surface area contributed by atoms with Crippen molar-refractivity contribution in [1.29, 1.82) is 0 Å². The average Bonchev–Trinajstić information content (AvgIpc) is 3.83. The minimum Gasteiger partial charge on any atom is -0.456 e. The Bertz CT molecular complexity index is 2550. The van der Waals surface area contributed by atoms with Crippen LogP contribution in [0.25, 0.3) is 86.7 Å². The predicted molar refractivity (Wildman–Crippen MR) is 164 cm³/mol. The summed E-state index contributed by atoms with van der Waals surface area (Å²) in [6.45, 7) is 0. The zero-order valence-corrected chi connectivity index (χ0v) is 24.9. The molecule has 1 radical (unpaired) electrons. The zero-order chi connectivity index (χ0) is 26.7. The molecule has 0 aliphatic rings. The fourth-order valence-corrected chi connectivity index (χ4v) is 7.46. The number of fused-ring (bicyclic) bond motifs is 12. The van der Waals surface area contributed by atoms with Crippen LogP contribution in [0.3, 0.4) is 0 Å². The van der Waals surface area contributed by atoms with Crippen LogP contribution in [-0.4, -0.2) is 19.1 Å². The summed E-state index contributed by atoms with van der Waals surface area (Å²) in [7, 11) is 0. The van der Waals surface area contributed by atoms with E-state index in [1.807, 2.05) is 6.20 Å². The van der Waals surface area contributed by atoms with Gasteiger partial charge in [0.05, 0.1) is 21.4 Å². The molecule has 0 saturated carbocycles. The second kappa shape index (κ2) is 8.63. The molecule has 0 spiro atoms. The smallest absolute Gasteiger partial charge is 0.135 e. The second-order valence-electron chi connectivity index (χ2n) is 10.3. The minimum atomic E-state index is 0. The van der Waals surface area contributed by atoms with Crippen molar-refractivity contribution in [3.8, 4) is 16.1 Å². The normalized spacial score (nSPS) is 12.1. The van der Waals surface area contributed by atoms with Gasteiger partial charge < -0.3 is 22.9 Å². The molecule has 0 saturated heterocycles. The first-order chi connectivity index (χ1) is 20.3. The van der Waals surface area contributed by atoms with Crippen molar-refractivity contribution < 1.29 is 29.0 Å². The number of hydrogen-bond donors (Lipinski definition) is 0. The maximum absolute atomic E-state index is 6.30. The van der Waals surface area contributed by atoms with Crippen LogP contribution in [0, 0.1) is 6.20 Å². The summed E-state index contributed by atoms with van der Waals surface area (Å²) in [5, 5.41) is 10.4. The molecule has 0 N–H and O–H groups in total. The van der Waals surface area contributed by atoms with Gasteiger partial charge in [0.1, 0.15) is 11.2 Å². The molecule has 0 unspecified atom stereocenters. The van der Waals surface area contributed by atoms with Crippen LogP contribution in [0.2, 0.25) is 0 Å². The van der Waals surface area contributed by atoms with E-state index in [9.17, 15) is 0 Å². The topological polar surface area (TPSA) is 61.4 Å². The van der Waals surface area contributed by atoms with Crippen LogP contribution in [0.15, 0.2) is 112 Å². The Morgan fingerprint density at radius 1 is 0.738 bits per heavy atom. The van der Waals surface area contributed by atoms with Crippen molar-refractivity contribution >= 4 is 81.9 Å². The Morgan fingerprint density at radius 2 is 1.48 bits per heavy atom. The molecular weight excluding hydrogens is 721 g/mol. The number of para-hydroxylation sites is 2. The molecule has 0 amide bonds. The van der Waals surface area contributed by atoms with Crippen LogP contribution in [0.5, 0.6) is 0 Å². The summed E-state index contributed by atoms with van der Waals surface area (Å²) in [6.07, 6.45) is 6.73. The van der Waals surface area contributed by atoms with Crippen molar-refractivity contribution in [2.24, 2.45) is 0 Å². The number of rotatable bonds is 2. The summed E-state index contributed by atoms with van der Waals surface area (Å²) in [4.78, 5) is 6.71. The van der Waals surface area contributed by atoms with E-state index in [0.29, 0.717) is 5.58 Å². The Labute approximate surface area is 254 Å². The van der Waals surface area contributed by atoms with Crippen LogP contribution in [-0.2, 0) is 20.1 Å². The Hall–Kier alpha value is -4.75. The van der Waals surface area contributed by atoms with Crippen molar-refractivity contribution in [3.05, 3.63) is 110 Å². The van der Waals surface area contributed by atoms with Gasteiger partial charge in [0.15, 0.2) is 0 Å². The number of benzene rings is 4. The van der Waals surface area contributed by atoms with Crippen LogP contribution >= 0.6 is 11.3 Å². The van der Waals surface area contributed by atoms with E-state index in [4.69, 9.17) is 8.94 Å². The summed E-state index contributed by atoms with van der Waals surface area (Å²) >= 11 is 1.71. The molecule has 42 heavy (non-hydrogen) atoms. The summed E-state index contributed by atoms with van der Waals surface area (Å²) < 4.78 is 16.3. The first-order valence-electron chi connectivity index (χ1n) is 13.3. The first-order valence-corrected chi connectivity index (χ1v) is 14.1. The molecule has 6 nitrogen and oxygen atoms in total. The number of aromatic nitrogens is 4. The molecule has 8 heteroatoms. The SMILES string of the molecule is [Ir].[c-]1noc2c1c1nccn1c1sc(-c3ccc4oc5ccc(-n6c7ccccc7c7ccccc76)cc5c4c3)cc21. The van der Waals surface area contributed by atoms with Gasteiger partial charge in [0.2, 0.25) is 0 Å². The standard InChI is InChI=1S/C34H17N4O2S.Ir/c1-3-7-27-21(5-1)22-6-2-4-8-28(22)38(27)20-10-12-30-24(16-20)23-15-19(9-11-29(23)39-30)31-17-25-32-26(18-36-40-32)33-35-13-14-37(33)34(25)41-31;/h1-17H;/q-1;. The molecule has 0 aliphatic heterocycles. The van der Waals surface area contributed by atoms with Gasteiger partial charge in [-0.1, -0.05) is 41.8 Å². The molecule has 0 fully saturated rings. The van der Waals surface area contributed by atoms with E-state index in [0.717, 1.165) is 59.3 Å². The van der Waals surface area contributed by atoms with Crippen LogP contribution in [0.4, 0.5) is 0 Å². The Kier molecular flexibility index (Phi) is 4.91. The molecule has 10 rings (SSSR count). The van der Waals surface area contributed by atoms with E-state index in [1.165, 1.54) is 21.8 Å². The second-order valence-corrected chi connectivity index (χ2v) is 11.3. The van der Waals surface area contributed by atoms with E-state index < -0.39 is 0 Å². The number of furan rings is 1. The van der Waals surface area contributed by atoms with Gasteiger partial charge in [0, 0.05) is 70.3 Å². The first kappa shape index (κ1) is 23.9. The summed E-state index contributed by atoms with van der Waals surface area (Å²) in [5.41, 5.74) is 7.86. The van der Waals surface area contributed by atoms with Gasteiger partial charge in [-0.05, 0) is 71.7 Å². The average molecular weight is 738 g/mol. The molecule has 0 atom stereocenters. The number of thiophene rings is 1. The van der Waals surface area contributed by atoms with E-state index in [2.05, 4.69) is 116 Å². The summed E-state index contributed by atoms with van der Waals surface area (Å²) in [6, 6.07) is 32.2. The number of imidazole rings is 1. The number of hydrogen-bond acceptors (Lipinski definition) is 5. The van der Waals surface area contributed by atoms with E-state index >= 15 is 0 Å². The van der Waals surface area contributed by atoms with Crippen LogP contribution in [0.1, 0.15) is 0 Å². The van der Waals surface area contributed by atoms with Crippen molar-refractivity contribution in [2.45, 2.75) is 0 Å². The molecule has 10 aromatic rings. The third-order valence-corrected chi connectivity index (χ3v) is 9.32. The summed E-state index contributed by atoms with van der Waals surface area (Å²) in [5.74, 6) is 0. The maximum atomic E-state index is 6.30. The number of nitrogens with zero attached hydrogens (tertiary/aromatic N) is 4. The third kappa shape index (κ3) is 3.11. The van der Waals surface area contributed by atoms with Gasteiger partial charge >= 0.3 is 0 Å². The minimum absolute atomic E-state index is 0. The zero-order valence-electron chi connectivity index (χ0n) is 21.7. The number of pyridine rings is 1. The van der Waals surface area contributed by atoms with Crippen molar-refractivity contribution in [3.63, 3.8) is 0 Å². The monoisotopic (exact) mass is 738 g/mol. The van der Waals surface area contributed by atoms with Gasteiger partial charge in [0.25, 0.3) is 0 Å². The Morgan fingerprint density at radius 3 is 2.29 bits per heavy atom. The largest absolute Gasteiger partial charge is 0.456 e. The molecule has 0 bridgehead atoms. The quantitative estimate of drug-likeness (QED) is 0.166. The Balaban J connectivity index is 0.00000250. The van der Waals surface area contributed by atoms with E-state index in [-0.39, 0.29) is 20.1 Å². The molecule has 6 heterocycles.